The molecule has 6 nitrogen and oxygen atoms in total. The summed E-state index contributed by atoms with van der Waals surface area (Å²) in [7, 11) is 1.82. The number of nitrogens with one attached hydrogen (secondary N) is 2. The molecule has 0 aliphatic carbocycles. The van der Waals surface area contributed by atoms with Crippen molar-refractivity contribution in [2.45, 2.75) is 45.4 Å². The molecule has 0 radical (unpaired) electrons. The van der Waals surface area contributed by atoms with Crippen molar-refractivity contribution in [2.24, 2.45) is 4.99 Å². The van der Waals surface area contributed by atoms with Crippen molar-refractivity contribution in [2.75, 3.05) is 40.0 Å². The fraction of sp³-hybridized carbons (Fsp3) is 0.565. The molecule has 7 heteroatoms. The first-order chi connectivity index (χ1) is 14.6. The average Bonchev–Trinajstić information content (AvgIpc) is 3.09. The van der Waals surface area contributed by atoms with Crippen LogP contribution in [0.1, 0.15) is 40.9 Å². The molecule has 30 heavy (non-hydrogen) atoms. The number of nitrogens with zero attached hydrogens (tertiary/aromatic N) is 2. The monoisotopic (exact) mass is 430 g/mol. The van der Waals surface area contributed by atoms with Gasteiger partial charge in [0.2, 0.25) is 0 Å². The summed E-state index contributed by atoms with van der Waals surface area (Å²) in [5.74, 6) is 1.75. The number of hydrogen-bond donors (Lipinski definition) is 2. The van der Waals surface area contributed by atoms with Gasteiger partial charge in [0.1, 0.15) is 5.75 Å². The first-order valence-corrected chi connectivity index (χ1v) is 11.6. The van der Waals surface area contributed by atoms with E-state index in [-0.39, 0.29) is 5.41 Å². The zero-order valence-corrected chi connectivity index (χ0v) is 19.4. The zero-order chi connectivity index (χ0) is 21.4. The van der Waals surface area contributed by atoms with Crippen LogP contribution in [-0.2, 0) is 16.6 Å². The third-order valence-corrected chi connectivity index (χ3v) is 6.88. The number of guanidine groups is 1. The second-order valence-corrected chi connectivity index (χ2v) is 8.99. The summed E-state index contributed by atoms with van der Waals surface area (Å²) < 4.78 is 11.3. The molecule has 1 aromatic heterocycles. The molecule has 2 N–H and O–H groups in total. The Morgan fingerprint density at radius 2 is 1.93 bits per heavy atom. The van der Waals surface area contributed by atoms with Crippen LogP contribution in [-0.4, -0.2) is 50.9 Å². The van der Waals surface area contributed by atoms with Crippen molar-refractivity contribution in [3.63, 3.8) is 0 Å². The zero-order valence-electron chi connectivity index (χ0n) is 18.6. The minimum absolute atomic E-state index is 0.0319. The molecule has 0 amide bonds. The Labute approximate surface area is 184 Å². The molecule has 164 valence electrons. The summed E-state index contributed by atoms with van der Waals surface area (Å²) in [5, 5.41) is 8.16. The van der Waals surface area contributed by atoms with Gasteiger partial charge in [-0.2, -0.15) is 0 Å². The molecule has 0 bridgehead atoms. The van der Waals surface area contributed by atoms with Gasteiger partial charge in [-0.3, -0.25) is 4.99 Å². The van der Waals surface area contributed by atoms with Crippen LogP contribution >= 0.6 is 11.3 Å². The van der Waals surface area contributed by atoms with Crippen LogP contribution in [0.15, 0.2) is 29.3 Å². The van der Waals surface area contributed by atoms with Gasteiger partial charge in [-0.05, 0) is 51.3 Å². The summed E-state index contributed by atoms with van der Waals surface area (Å²) >= 11 is 1.78. The van der Waals surface area contributed by atoms with E-state index in [0.717, 1.165) is 63.0 Å². The second kappa shape index (κ2) is 10.8. The Kier molecular flexibility index (Phi) is 8.10. The average molecular weight is 431 g/mol. The fourth-order valence-corrected chi connectivity index (χ4v) is 4.74. The van der Waals surface area contributed by atoms with Gasteiger partial charge in [-0.25, -0.2) is 4.98 Å². The van der Waals surface area contributed by atoms with Crippen molar-refractivity contribution in [3.05, 3.63) is 45.4 Å². The normalized spacial score (nSPS) is 16.3. The van der Waals surface area contributed by atoms with E-state index < -0.39 is 0 Å². The van der Waals surface area contributed by atoms with E-state index in [9.17, 15) is 0 Å². The van der Waals surface area contributed by atoms with E-state index >= 15 is 0 Å². The molecule has 0 unspecified atom stereocenters. The van der Waals surface area contributed by atoms with Gasteiger partial charge in [-0.1, -0.05) is 12.1 Å². The summed E-state index contributed by atoms with van der Waals surface area (Å²) in [4.78, 5) is 10.3. The van der Waals surface area contributed by atoms with Crippen molar-refractivity contribution in [1.82, 2.24) is 15.6 Å². The number of hydrogen-bond acceptors (Lipinski definition) is 5. The highest BCUT2D eigenvalue weighted by Gasteiger charge is 2.34. The highest BCUT2D eigenvalue weighted by atomic mass is 32.1. The lowest BCUT2D eigenvalue weighted by atomic mass is 9.74. The van der Waals surface area contributed by atoms with Crippen LogP contribution in [0.25, 0.3) is 0 Å². The standard InChI is InChI=1S/C23H34N4O2S/c1-5-29-20-8-6-19(7-9-20)23(11-14-28-15-12-23)16-26-22(24-4)25-13-10-21-27-17(2)18(3)30-21/h6-9H,5,10-16H2,1-4H3,(H2,24,25,26). The van der Waals surface area contributed by atoms with Gasteiger partial charge >= 0.3 is 0 Å². The number of rotatable bonds is 8. The number of aryl methyl sites for hydroxylation is 2. The Bertz CT molecular complexity index is 807. The third kappa shape index (κ3) is 5.73. The molecule has 2 heterocycles. The molecule has 1 aliphatic heterocycles. The largest absolute Gasteiger partial charge is 0.494 e. The lowest BCUT2D eigenvalue weighted by Gasteiger charge is -2.38. The van der Waals surface area contributed by atoms with E-state index in [1.165, 1.54) is 15.4 Å². The molecule has 0 spiro atoms. The molecule has 3 rings (SSSR count). The molecular formula is C23H34N4O2S. The van der Waals surface area contributed by atoms with Gasteiger partial charge in [0.25, 0.3) is 0 Å². The van der Waals surface area contributed by atoms with Crippen LogP contribution in [0.2, 0.25) is 0 Å². The molecule has 1 saturated heterocycles. The minimum Gasteiger partial charge on any atom is -0.494 e. The molecule has 1 aliphatic rings. The molecular weight excluding hydrogens is 396 g/mol. The number of ether oxygens (including phenoxy) is 2. The van der Waals surface area contributed by atoms with Crippen LogP contribution in [0.4, 0.5) is 0 Å². The predicted octanol–water partition coefficient (Wildman–Crippen LogP) is 3.61. The predicted molar refractivity (Wildman–Crippen MR) is 124 cm³/mol. The minimum atomic E-state index is 0.0319. The van der Waals surface area contributed by atoms with Gasteiger partial charge < -0.3 is 20.1 Å². The molecule has 0 atom stereocenters. The van der Waals surface area contributed by atoms with Gasteiger partial charge in [0, 0.05) is 50.1 Å². The first-order valence-electron chi connectivity index (χ1n) is 10.7. The Morgan fingerprint density at radius 3 is 2.53 bits per heavy atom. The molecule has 1 fully saturated rings. The van der Waals surface area contributed by atoms with Gasteiger partial charge in [-0.15, -0.1) is 11.3 Å². The maximum atomic E-state index is 5.66. The summed E-state index contributed by atoms with van der Waals surface area (Å²) in [6.07, 6.45) is 2.88. The number of thiazole rings is 1. The van der Waals surface area contributed by atoms with Gasteiger partial charge in [0.05, 0.1) is 17.3 Å². The van der Waals surface area contributed by atoms with Crippen LogP contribution in [0.3, 0.4) is 0 Å². The lowest BCUT2D eigenvalue weighted by molar-refractivity contribution is 0.0513. The van der Waals surface area contributed by atoms with E-state index in [1.807, 2.05) is 14.0 Å². The van der Waals surface area contributed by atoms with Crippen molar-refractivity contribution in [1.29, 1.82) is 0 Å². The summed E-state index contributed by atoms with van der Waals surface area (Å²) in [6.45, 7) is 10.1. The summed E-state index contributed by atoms with van der Waals surface area (Å²) in [6, 6.07) is 8.53. The molecule has 0 saturated carbocycles. The molecule has 1 aromatic carbocycles. The van der Waals surface area contributed by atoms with Crippen molar-refractivity contribution in [3.8, 4) is 5.75 Å². The highest BCUT2D eigenvalue weighted by molar-refractivity contribution is 7.11. The molecule has 2 aromatic rings. The fourth-order valence-electron chi connectivity index (χ4n) is 3.81. The Balaban J connectivity index is 1.59. The van der Waals surface area contributed by atoms with E-state index in [1.54, 1.807) is 11.3 Å². The topological polar surface area (TPSA) is 67.8 Å². The number of benzene rings is 1. The lowest BCUT2D eigenvalue weighted by Crippen LogP contribution is -2.48. The van der Waals surface area contributed by atoms with Crippen LogP contribution < -0.4 is 15.4 Å². The summed E-state index contributed by atoms with van der Waals surface area (Å²) in [5.41, 5.74) is 2.49. The third-order valence-electron chi connectivity index (χ3n) is 5.75. The van der Waals surface area contributed by atoms with E-state index in [4.69, 9.17) is 9.47 Å². The van der Waals surface area contributed by atoms with E-state index in [2.05, 4.69) is 58.7 Å². The maximum Gasteiger partial charge on any atom is 0.191 e. The Morgan fingerprint density at radius 1 is 1.20 bits per heavy atom. The smallest absolute Gasteiger partial charge is 0.191 e. The van der Waals surface area contributed by atoms with Crippen LogP contribution in [0, 0.1) is 13.8 Å². The number of aliphatic imine (C=N–C) groups is 1. The van der Waals surface area contributed by atoms with Crippen molar-refractivity contribution >= 4 is 17.3 Å². The maximum absolute atomic E-state index is 5.66. The SMILES string of the molecule is CCOc1ccc(C2(CNC(=NC)NCCc3nc(C)c(C)s3)CCOCC2)cc1. The quantitative estimate of drug-likeness (QED) is 0.495. The van der Waals surface area contributed by atoms with Gasteiger partial charge in [0.15, 0.2) is 5.96 Å². The first kappa shape index (κ1) is 22.6. The van der Waals surface area contributed by atoms with E-state index in [0.29, 0.717) is 6.61 Å². The number of aromatic nitrogens is 1. The second-order valence-electron chi connectivity index (χ2n) is 7.70. The van der Waals surface area contributed by atoms with Crippen LogP contribution in [0.5, 0.6) is 5.75 Å². The Hall–Kier alpha value is -2.12. The van der Waals surface area contributed by atoms with Crippen molar-refractivity contribution < 1.29 is 9.47 Å². The highest BCUT2D eigenvalue weighted by Crippen LogP contribution is 2.35.